The first-order valence-corrected chi connectivity index (χ1v) is 13.8. The van der Waals surface area contributed by atoms with E-state index >= 15 is 0 Å². The molecule has 1 saturated heterocycles. The summed E-state index contributed by atoms with van der Waals surface area (Å²) in [5, 5.41) is 12.7. The first kappa shape index (κ1) is 32.4. The van der Waals surface area contributed by atoms with Crippen molar-refractivity contribution in [2.24, 2.45) is 0 Å². The Balaban J connectivity index is 1.49. The molecule has 1 aliphatic heterocycles. The van der Waals surface area contributed by atoms with Crippen LogP contribution >= 0.6 is 0 Å². The van der Waals surface area contributed by atoms with Crippen molar-refractivity contribution in [3.05, 3.63) is 89.2 Å². The van der Waals surface area contributed by atoms with Gasteiger partial charge in [-0.15, -0.1) is 0 Å². The Morgan fingerprint density at radius 3 is 2.12 bits per heavy atom. The maximum atomic E-state index is 13.3. The fourth-order valence-electron chi connectivity index (χ4n) is 5.35. The van der Waals surface area contributed by atoms with Gasteiger partial charge in [-0.05, 0) is 60.7 Å². The van der Waals surface area contributed by atoms with Gasteiger partial charge in [0, 0.05) is 56.7 Å². The predicted molar refractivity (Wildman–Crippen MR) is 150 cm³/mol. The molecule has 1 aliphatic rings. The van der Waals surface area contributed by atoms with Crippen molar-refractivity contribution < 1.29 is 36.2 Å². The highest BCUT2D eigenvalue weighted by Crippen LogP contribution is 2.50. The molecular weight excluding hydrogens is 574 g/mol. The monoisotopic (exact) mass is 608 g/mol. The maximum absolute atomic E-state index is 13.3. The minimum atomic E-state index is -5.94. The molecule has 2 N–H and O–H groups in total. The molecule has 1 atom stereocenters. The number of halogens is 6. The molecule has 43 heavy (non-hydrogen) atoms. The van der Waals surface area contributed by atoms with Crippen molar-refractivity contribution in [1.29, 1.82) is 0 Å². The molecule has 4 rings (SSSR count). The van der Waals surface area contributed by atoms with Gasteiger partial charge in [0.15, 0.2) is 0 Å². The van der Waals surface area contributed by atoms with E-state index in [1.54, 1.807) is 25.4 Å². The Bertz CT molecular complexity index is 1380. The van der Waals surface area contributed by atoms with Crippen molar-refractivity contribution in [2.45, 2.75) is 63.9 Å². The summed E-state index contributed by atoms with van der Waals surface area (Å²) >= 11 is 0. The lowest BCUT2D eigenvalue weighted by atomic mass is 9.90. The SMILES string of the molecule is Cc1cc(CN2CCN(Cc3ccncc3)[C@H](C(=O)NC(C)C)C2)ccc1-c1ccc(C(O)(C(F)(F)F)C(F)(F)F)cc1. The van der Waals surface area contributed by atoms with E-state index in [1.165, 1.54) is 0 Å². The highest BCUT2D eigenvalue weighted by Gasteiger charge is 2.71. The van der Waals surface area contributed by atoms with E-state index in [1.807, 2.05) is 38.1 Å². The lowest BCUT2D eigenvalue weighted by molar-refractivity contribution is -0.376. The van der Waals surface area contributed by atoms with E-state index in [0.717, 1.165) is 35.4 Å². The van der Waals surface area contributed by atoms with Crippen LogP contribution < -0.4 is 5.32 Å². The second-order valence-corrected chi connectivity index (χ2v) is 11.2. The Labute approximate surface area is 246 Å². The Morgan fingerprint density at radius 1 is 0.930 bits per heavy atom. The average Bonchev–Trinajstić information content (AvgIpc) is 2.92. The zero-order chi connectivity index (χ0) is 31.6. The van der Waals surface area contributed by atoms with Gasteiger partial charge in [0.2, 0.25) is 5.91 Å². The van der Waals surface area contributed by atoms with Gasteiger partial charge >= 0.3 is 12.4 Å². The van der Waals surface area contributed by atoms with Crippen LogP contribution in [-0.4, -0.2) is 69.9 Å². The number of aliphatic hydroxyl groups is 1. The van der Waals surface area contributed by atoms with Crippen LogP contribution in [0.25, 0.3) is 11.1 Å². The number of aromatic nitrogens is 1. The molecule has 0 radical (unpaired) electrons. The third-order valence-corrected chi connectivity index (χ3v) is 7.58. The van der Waals surface area contributed by atoms with E-state index in [0.29, 0.717) is 49.4 Å². The van der Waals surface area contributed by atoms with Gasteiger partial charge in [0.25, 0.3) is 5.60 Å². The van der Waals surface area contributed by atoms with Gasteiger partial charge in [0.1, 0.15) is 6.04 Å². The van der Waals surface area contributed by atoms with E-state index in [2.05, 4.69) is 20.1 Å². The summed E-state index contributed by atoms with van der Waals surface area (Å²) in [5.41, 5.74) is -2.44. The average molecular weight is 609 g/mol. The normalized spacial score (nSPS) is 17.3. The topological polar surface area (TPSA) is 68.7 Å². The summed E-state index contributed by atoms with van der Waals surface area (Å²) in [6.07, 6.45) is -8.44. The summed E-state index contributed by atoms with van der Waals surface area (Å²) in [6.45, 7) is 8.70. The van der Waals surface area contributed by atoms with Gasteiger partial charge in [0.05, 0.1) is 0 Å². The number of hydrogen-bond donors (Lipinski definition) is 2. The molecule has 6 nitrogen and oxygen atoms in total. The van der Waals surface area contributed by atoms with Crippen molar-refractivity contribution >= 4 is 5.91 Å². The molecule has 0 saturated carbocycles. The van der Waals surface area contributed by atoms with E-state index < -0.39 is 23.5 Å². The zero-order valence-electron chi connectivity index (χ0n) is 24.0. The first-order chi connectivity index (χ1) is 20.1. The highest BCUT2D eigenvalue weighted by molar-refractivity contribution is 5.82. The Morgan fingerprint density at radius 2 is 1.56 bits per heavy atom. The van der Waals surface area contributed by atoms with Crippen molar-refractivity contribution in [3.8, 4) is 11.1 Å². The molecule has 0 spiro atoms. The molecule has 2 aromatic carbocycles. The summed E-state index contributed by atoms with van der Waals surface area (Å²) < 4.78 is 79.5. The predicted octanol–water partition coefficient (Wildman–Crippen LogP) is 5.58. The molecule has 1 aromatic heterocycles. The van der Waals surface area contributed by atoms with Crippen LogP contribution in [0, 0.1) is 6.92 Å². The van der Waals surface area contributed by atoms with Crippen LogP contribution in [0.15, 0.2) is 67.0 Å². The second-order valence-electron chi connectivity index (χ2n) is 11.2. The van der Waals surface area contributed by atoms with E-state index in [-0.39, 0.29) is 18.0 Å². The van der Waals surface area contributed by atoms with Crippen LogP contribution in [-0.2, 0) is 23.5 Å². The minimum Gasteiger partial charge on any atom is -0.369 e. The van der Waals surface area contributed by atoms with Crippen LogP contribution in [0.4, 0.5) is 26.3 Å². The number of benzene rings is 2. The molecule has 232 valence electrons. The first-order valence-electron chi connectivity index (χ1n) is 13.8. The highest BCUT2D eigenvalue weighted by atomic mass is 19.4. The molecule has 1 amide bonds. The van der Waals surface area contributed by atoms with Gasteiger partial charge in [-0.3, -0.25) is 19.6 Å². The summed E-state index contributed by atoms with van der Waals surface area (Å²) in [6, 6.07) is 12.6. The molecule has 12 heteroatoms. The minimum absolute atomic E-state index is 0.00867. The number of aryl methyl sites for hydroxylation is 1. The van der Waals surface area contributed by atoms with Gasteiger partial charge in [-0.2, -0.15) is 26.3 Å². The van der Waals surface area contributed by atoms with Gasteiger partial charge in [-0.1, -0.05) is 42.5 Å². The summed E-state index contributed by atoms with van der Waals surface area (Å²) in [4.78, 5) is 21.5. The second kappa shape index (κ2) is 12.6. The maximum Gasteiger partial charge on any atom is 0.430 e. The van der Waals surface area contributed by atoms with Crippen LogP contribution in [0.2, 0.25) is 0 Å². The van der Waals surface area contributed by atoms with Crippen molar-refractivity contribution in [3.63, 3.8) is 0 Å². The number of piperazine rings is 1. The lowest BCUT2D eigenvalue weighted by Crippen LogP contribution is -2.59. The third-order valence-electron chi connectivity index (χ3n) is 7.58. The van der Waals surface area contributed by atoms with Crippen molar-refractivity contribution in [1.82, 2.24) is 20.1 Å². The number of nitrogens with zero attached hydrogens (tertiary/aromatic N) is 3. The van der Waals surface area contributed by atoms with Gasteiger partial charge < -0.3 is 10.4 Å². The van der Waals surface area contributed by atoms with Crippen LogP contribution in [0.5, 0.6) is 0 Å². The summed E-state index contributed by atoms with van der Waals surface area (Å²) in [5.74, 6) is -0.0494. The molecule has 1 fully saturated rings. The van der Waals surface area contributed by atoms with Gasteiger partial charge in [-0.25, -0.2) is 0 Å². The number of carbonyl (C=O) groups is 1. The summed E-state index contributed by atoms with van der Waals surface area (Å²) in [7, 11) is 0. The fourth-order valence-corrected chi connectivity index (χ4v) is 5.35. The zero-order valence-corrected chi connectivity index (χ0v) is 24.0. The van der Waals surface area contributed by atoms with E-state index in [9.17, 15) is 36.2 Å². The number of nitrogens with one attached hydrogen (secondary N) is 1. The smallest absolute Gasteiger partial charge is 0.369 e. The molecule has 0 unspecified atom stereocenters. The number of amides is 1. The quantitative estimate of drug-likeness (QED) is 0.327. The fraction of sp³-hybridized carbons (Fsp3) is 0.419. The number of rotatable bonds is 8. The molecule has 2 heterocycles. The van der Waals surface area contributed by atoms with Crippen LogP contribution in [0.3, 0.4) is 0 Å². The van der Waals surface area contributed by atoms with Crippen molar-refractivity contribution in [2.75, 3.05) is 19.6 Å². The number of hydrogen-bond acceptors (Lipinski definition) is 5. The largest absolute Gasteiger partial charge is 0.430 e. The van der Waals surface area contributed by atoms with E-state index in [4.69, 9.17) is 0 Å². The molecule has 3 aromatic rings. The standard InChI is InChI=1S/C31H34F6N4O2/c1-20(2)39-28(42)27-19-40(14-15-41(27)18-22-10-12-38-13-11-22)17-23-4-9-26(21(3)16-23)24-5-7-25(8-6-24)29(43,30(32,33)34)31(35,36)37/h4-13,16,20,27,43H,14-15,17-19H2,1-3H3,(H,39,42)/t27-/m0/s1. The Hall–Kier alpha value is -3.48. The number of carbonyl (C=O) groups excluding carboxylic acids is 1. The molecular formula is C31H34F6N4O2. The molecule has 0 bridgehead atoms. The number of alkyl halides is 6. The van der Waals surface area contributed by atoms with Crippen LogP contribution in [0.1, 0.15) is 36.1 Å². The Kier molecular flexibility index (Phi) is 9.53. The lowest BCUT2D eigenvalue weighted by Gasteiger charge is -2.41. The third kappa shape index (κ3) is 7.19. The number of pyridine rings is 1. The molecule has 0 aliphatic carbocycles.